The molecule has 0 aliphatic rings. The van der Waals surface area contributed by atoms with Crippen LogP contribution in [0.5, 0.6) is 5.75 Å². The summed E-state index contributed by atoms with van der Waals surface area (Å²) in [5.41, 5.74) is 12.0. The Morgan fingerprint density at radius 3 is 1.67 bits per heavy atom. The van der Waals surface area contributed by atoms with Gasteiger partial charge in [-0.25, -0.2) is 0 Å². The molecule has 0 unspecified atom stereocenters. The number of hydrogen-bond acceptors (Lipinski definition) is 5. The molecular weight excluding hydrogens is 733 g/mol. The molecule has 60 heavy (non-hydrogen) atoms. The average Bonchev–Trinajstić information content (AvgIpc) is 3.29. The summed E-state index contributed by atoms with van der Waals surface area (Å²) in [6.07, 6.45) is 21.1. The SMILES string of the molecule is C/C=C/c1cc(N(c2ccccc2)c2ccncc2)c(/C=C/c2c3ccc(OCCCCCC)cc3c(C)c3ccc(C)cc23)cc1N(c1ccccc1)c1ccncc1. The fraction of sp³-hybridized carbons (Fsp3) is 0.164. The highest BCUT2D eigenvalue weighted by Crippen LogP contribution is 2.45. The van der Waals surface area contributed by atoms with Gasteiger partial charge in [0.1, 0.15) is 5.75 Å². The van der Waals surface area contributed by atoms with Crippen LogP contribution in [0.3, 0.4) is 0 Å². The summed E-state index contributed by atoms with van der Waals surface area (Å²) in [4.78, 5) is 13.4. The molecule has 298 valence electrons. The third-order valence-electron chi connectivity index (χ3n) is 11.1. The van der Waals surface area contributed by atoms with Crippen LogP contribution >= 0.6 is 0 Å². The third-order valence-corrected chi connectivity index (χ3v) is 11.1. The van der Waals surface area contributed by atoms with E-state index in [1.165, 1.54) is 57.5 Å². The van der Waals surface area contributed by atoms with Crippen molar-refractivity contribution in [3.8, 4) is 5.75 Å². The van der Waals surface area contributed by atoms with E-state index in [4.69, 9.17) is 4.74 Å². The fourth-order valence-electron chi connectivity index (χ4n) is 8.17. The van der Waals surface area contributed by atoms with Gasteiger partial charge in [0.15, 0.2) is 0 Å². The van der Waals surface area contributed by atoms with Crippen molar-refractivity contribution in [2.24, 2.45) is 0 Å². The largest absolute Gasteiger partial charge is 0.494 e. The molecule has 0 spiro atoms. The lowest BCUT2D eigenvalue weighted by Crippen LogP contribution is -2.15. The van der Waals surface area contributed by atoms with Gasteiger partial charge in [0.2, 0.25) is 0 Å². The molecule has 0 bridgehead atoms. The maximum atomic E-state index is 6.34. The summed E-state index contributed by atoms with van der Waals surface area (Å²) in [5, 5.41) is 4.88. The van der Waals surface area contributed by atoms with E-state index < -0.39 is 0 Å². The van der Waals surface area contributed by atoms with Crippen molar-refractivity contribution in [2.45, 2.75) is 53.4 Å². The number of nitrogens with zero attached hydrogens (tertiary/aromatic N) is 4. The van der Waals surface area contributed by atoms with E-state index in [-0.39, 0.29) is 0 Å². The van der Waals surface area contributed by atoms with E-state index >= 15 is 0 Å². The first-order valence-corrected chi connectivity index (χ1v) is 21.1. The first-order valence-electron chi connectivity index (χ1n) is 21.1. The molecule has 0 saturated carbocycles. The molecule has 5 nitrogen and oxygen atoms in total. The van der Waals surface area contributed by atoms with Gasteiger partial charge in [0.25, 0.3) is 0 Å². The molecule has 2 aromatic heterocycles. The number of allylic oxidation sites excluding steroid dienone is 1. The molecule has 0 atom stereocenters. The number of hydrogen-bond donors (Lipinski definition) is 0. The molecule has 0 aliphatic heterocycles. The lowest BCUT2D eigenvalue weighted by atomic mass is 9.90. The van der Waals surface area contributed by atoms with E-state index in [0.29, 0.717) is 0 Å². The Bertz CT molecular complexity index is 2670. The lowest BCUT2D eigenvalue weighted by Gasteiger charge is -2.31. The number of ether oxygens (including phenoxy) is 1. The van der Waals surface area contributed by atoms with Gasteiger partial charge in [-0.3, -0.25) is 9.97 Å². The van der Waals surface area contributed by atoms with Crippen LogP contribution in [0.15, 0.2) is 164 Å². The number of anilines is 6. The number of para-hydroxylation sites is 2. The van der Waals surface area contributed by atoms with E-state index in [1.807, 2.05) is 24.8 Å². The number of pyridine rings is 2. The van der Waals surface area contributed by atoms with Gasteiger partial charge in [-0.1, -0.05) is 117 Å². The Kier molecular flexibility index (Phi) is 12.4. The summed E-state index contributed by atoms with van der Waals surface area (Å²) >= 11 is 0. The molecule has 5 heteroatoms. The number of aryl methyl sites for hydroxylation is 2. The van der Waals surface area contributed by atoms with Crippen molar-refractivity contribution in [3.63, 3.8) is 0 Å². The van der Waals surface area contributed by atoms with Gasteiger partial charge in [-0.2, -0.15) is 0 Å². The molecule has 0 aliphatic carbocycles. The molecule has 2 heterocycles. The summed E-state index contributed by atoms with van der Waals surface area (Å²) < 4.78 is 6.34. The smallest absolute Gasteiger partial charge is 0.119 e. The monoisotopic (exact) mass is 784 g/mol. The van der Waals surface area contributed by atoms with Crippen LogP contribution in [-0.4, -0.2) is 16.6 Å². The van der Waals surface area contributed by atoms with Crippen LogP contribution in [0.25, 0.3) is 39.8 Å². The number of aromatic nitrogens is 2. The van der Waals surface area contributed by atoms with Crippen LogP contribution in [0.4, 0.5) is 34.1 Å². The Labute approximate surface area is 355 Å². The van der Waals surface area contributed by atoms with Crippen LogP contribution in [0, 0.1) is 13.8 Å². The molecular formula is C55H52N4O. The lowest BCUT2D eigenvalue weighted by molar-refractivity contribution is 0.305. The zero-order valence-corrected chi connectivity index (χ0v) is 35.1. The van der Waals surface area contributed by atoms with E-state index in [9.17, 15) is 0 Å². The quantitative estimate of drug-likeness (QED) is 0.0588. The van der Waals surface area contributed by atoms with Crippen LogP contribution in [-0.2, 0) is 0 Å². The minimum absolute atomic E-state index is 0.729. The molecule has 0 amide bonds. The second-order valence-corrected chi connectivity index (χ2v) is 15.3. The third kappa shape index (κ3) is 8.57. The normalized spacial score (nSPS) is 11.5. The highest BCUT2D eigenvalue weighted by atomic mass is 16.5. The maximum absolute atomic E-state index is 6.34. The fourth-order valence-corrected chi connectivity index (χ4v) is 8.17. The number of benzene rings is 6. The molecule has 8 aromatic rings. The van der Waals surface area contributed by atoms with Crippen molar-refractivity contribution in [1.82, 2.24) is 9.97 Å². The van der Waals surface area contributed by atoms with Gasteiger partial charge < -0.3 is 14.5 Å². The molecule has 6 aromatic carbocycles. The first-order chi connectivity index (χ1) is 29.5. The first kappa shape index (κ1) is 39.8. The van der Waals surface area contributed by atoms with Crippen molar-refractivity contribution < 1.29 is 4.74 Å². The molecule has 0 saturated heterocycles. The highest BCUT2D eigenvalue weighted by molar-refractivity contribution is 6.11. The van der Waals surface area contributed by atoms with Crippen LogP contribution in [0.1, 0.15) is 67.3 Å². The number of rotatable bonds is 15. The predicted molar refractivity (Wildman–Crippen MR) is 256 cm³/mol. The zero-order valence-electron chi connectivity index (χ0n) is 35.1. The molecule has 0 radical (unpaired) electrons. The van der Waals surface area contributed by atoms with Gasteiger partial charge in [-0.15, -0.1) is 0 Å². The summed E-state index contributed by atoms with van der Waals surface area (Å²) in [7, 11) is 0. The van der Waals surface area contributed by atoms with Gasteiger partial charge >= 0.3 is 0 Å². The predicted octanol–water partition coefficient (Wildman–Crippen LogP) is 15.5. The summed E-state index contributed by atoms with van der Waals surface area (Å²) in [5.74, 6) is 0.919. The minimum Gasteiger partial charge on any atom is -0.494 e. The highest BCUT2D eigenvalue weighted by Gasteiger charge is 2.22. The van der Waals surface area contributed by atoms with E-state index in [1.54, 1.807) is 0 Å². The second-order valence-electron chi connectivity index (χ2n) is 15.3. The Morgan fingerprint density at radius 2 is 1.08 bits per heavy atom. The molecule has 8 rings (SSSR count). The second kappa shape index (κ2) is 18.7. The summed E-state index contributed by atoms with van der Waals surface area (Å²) in [6, 6.07) is 47.5. The van der Waals surface area contributed by atoms with Crippen LogP contribution < -0.4 is 14.5 Å². The topological polar surface area (TPSA) is 41.5 Å². The van der Waals surface area contributed by atoms with Gasteiger partial charge in [-0.05, 0) is 133 Å². The Balaban J connectivity index is 1.38. The number of fused-ring (bicyclic) bond motifs is 2. The Morgan fingerprint density at radius 1 is 0.517 bits per heavy atom. The van der Waals surface area contributed by atoms with Gasteiger partial charge in [0, 0.05) is 58.7 Å². The molecule has 0 fully saturated rings. The van der Waals surface area contributed by atoms with Crippen molar-refractivity contribution >= 4 is 73.9 Å². The Hall–Kier alpha value is -6.98. The van der Waals surface area contributed by atoms with Crippen molar-refractivity contribution in [2.75, 3.05) is 16.4 Å². The zero-order chi connectivity index (χ0) is 41.3. The number of unbranched alkanes of at least 4 members (excludes halogenated alkanes) is 3. The van der Waals surface area contributed by atoms with E-state index in [0.717, 1.165) is 64.0 Å². The van der Waals surface area contributed by atoms with Crippen LogP contribution in [0.2, 0.25) is 0 Å². The maximum Gasteiger partial charge on any atom is 0.119 e. The van der Waals surface area contributed by atoms with Crippen molar-refractivity contribution in [3.05, 3.63) is 192 Å². The standard InChI is InChI=1S/C55H52N4O/c1-5-7-8-15-35-60-48-23-26-50-51(53-36-40(3)21-24-49(53)41(4)52(50)39-48)25-22-43-38-54(58(44-17-11-9-12-18-44)46-27-31-56-32-28-46)42(16-6-2)37-55(43)59(45-19-13-10-14-20-45)47-29-33-57-34-30-47/h6,9-14,16-34,36-39H,5,7-8,15,35H2,1-4H3/b16-6+,25-22+. The van der Waals surface area contributed by atoms with Crippen molar-refractivity contribution in [1.29, 1.82) is 0 Å². The van der Waals surface area contributed by atoms with Gasteiger partial charge in [0.05, 0.1) is 18.0 Å². The molecule has 0 N–H and O–H groups in total. The average molecular weight is 785 g/mol. The summed E-state index contributed by atoms with van der Waals surface area (Å²) in [6.45, 7) is 9.47. The minimum atomic E-state index is 0.729. The van der Waals surface area contributed by atoms with E-state index in [2.05, 4.69) is 205 Å².